The molecule has 0 aliphatic carbocycles. The smallest absolute Gasteiger partial charge is 0.222 e. The molecular weight excluding hydrogens is 408 g/mol. The molecule has 0 aliphatic heterocycles. The molecule has 0 N–H and O–H groups in total. The van der Waals surface area contributed by atoms with Crippen molar-refractivity contribution in [2.75, 3.05) is 20.2 Å². The van der Waals surface area contributed by atoms with Gasteiger partial charge < -0.3 is 14.2 Å². The summed E-state index contributed by atoms with van der Waals surface area (Å²) in [5, 5.41) is 0.712. The summed E-state index contributed by atoms with van der Waals surface area (Å²) >= 11 is 6.10. The number of rotatable bonds is 10. The highest BCUT2D eigenvalue weighted by molar-refractivity contribution is 6.30. The van der Waals surface area contributed by atoms with Gasteiger partial charge in [-0.05, 0) is 73.4 Å². The number of hydrogen-bond donors (Lipinski definition) is 0. The van der Waals surface area contributed by atoms with E-state index >= 15 is 0 Å². The van der Waals surface area contributed by atoms with E-state index in [1.54, 1.807) is 7.11 Å². The van der Waals surface area contributed by atoms with E-state index in [1.807, 2.05) is 53.4 Å². The lowest BCUT2D eigenvalue weighted by Crippen LogP contribution is -2.32. The standard InChI is InChI=1S/C26H31ClN2O2/c1-4-18-28(19-5-2)26(30)17-13-23-12-16-25(20-6-8-21(27)9-7-20)29(23)22-10-14-24(31-3)15-11-22/h6-12,14-16H,4-5,13,17-19H2,1-3H3. The van der Waals surface area contributed by atoms with E-state index in [-0.39, 0.29) is 5.91 Å². The molecule has 4 nitrogen and oxygen atoms in total. The van der Waals surface area contributed by atoms with Gasteiger partial charge in [-0.15, -0.1) is 0 Å². The number of carbonyl (C=O) groups is 1. The topological polar surface area (TPSA) is 34.5 Å². The fourth-order valence-corrected chi connectivity index (χ4v) is 3.98. The third-order valence-corrected chi connectivity index (χ3v) is 5.62. The highest BCUT2D eigenvalue weighted by atomic mass is 35.5. The summed E-state index contributed by atoms with van der Waals surface area (Å²) in [5.41, 5.74) is 4.30. The summed E-state index contributed by atoms with van der Waals surface area (Å²) < 4.78 is 7.54. The first-order chi connectivity index (χ1) is 15.1. The summed E-state index contributed by atoms with van der Waals surface area (Å²) in [7, 11) is 1.67. The van der Waals surface area contributed by atoms with Crippen LogP contribution in [0.1, 0.15) is 38.8 Å². The van der Waals surface area contributed by atoms with Crippen LogP contribution < -0.4 is 4.74 Å². The molecule has 0 radical (unpaired) electrons. The molecule has 0 fully saturated rings. The van der Waals surface area contributed by atoms with Crippen molar-refractivity contribution in [1.29, 1.82) is 0 Å². The molecule has 3 aromatic rings. The van der Waals surface area contributed by atoms with Crippen LogP contribution in [0.25, 0.3) is 16.9 Å². The first kappa shape index (κ1) is 23.0. The second-order valence-electron chi connectivity index (χ2n) is 7.63. The summed E-state index contributed by atoms with van der Waals surface area (Å²) in [6.45, 7) is 5.87. The van der Waals surface area contributed by atoms with Crippen LogP contribution in [0.4, 0.5) is 0 Å². The lowest BCUT2D eigenvalue weighted by molar-refractivity contribution is -0.131. The lowest BCUT2D eigenvalue weighted by Gasteiger charge is -2.22. The van der Waals surface area contributed by atoms with Gasteiger partial charge in [0.15, 0.2) is 0 Å². The Labute approximate surface area is 190 Å². The third-order valence-electron chi connectivity index (χ3n) is 5.37. The number of ether oxygens (including phenoxy) is 1. The van der Waals surface area contributed by atoms with Gasteiger partial charge in [0.2, 0.25) is 5.91 Å². The van der Waals surface area contributed by atoms with Gasteiger partial charge in [-0.25, -0.2) is 0 Å². The first-order valence-electron chi connectivity index (χ1n) is 11.0. The molecule has 0 unspecified atom stereocenters. The fourth-order valence-electron chi connectivity index (χ4n) is 3.85. The number of methoxy groups -OCH3 is 1. The zero-order chi connectivity index (χ0) is 22.2. The molecule has 3 rings (SSSR count). The van der Waals surface area contributed by atoms with E-state index in [2.05, 4.69) is 30.5 Å². The summed E-state index contributed by atoms with van der Waals surface area (Å²) in [6.07, 6.45) is 3.14. The van der Waals surface area contributed by atoms with E-state index in [0.717, 1.165) is 54.3 Å². The number of carbonyl (C=O) groups excluding carboxylic acids is 1. The van der Waals surface area contributed by atoms with Crippen LogP contribution in [0.15, 0.2) is 60.7 Å². The highest BCUT2D eigenvalue weighted by Crippen LogP contribution is 2.29. The molecule has 5 heteroatoms. The van der Waals surface area contributed by atoms with E-state index in [1.165, 1.54) is 0 Å². The van der Waals surface area contributed by atoms with E-state index in [0.29, 0.717) is 17.9 Å². The Kier molecular flexibility index (Phi) is 8.19. The Hall–Kier alpha value is -2.72. The second kappa shape index (κ2) is 11.1. The third kappa shape index (κ3) is 5.71. The Morgan fingerprint density at radius 1 is 0.935 bits per heavy atom. The van der Waals surface area contributed by atoms with Gasteiger partial charge >= 0.3 is 0 Å². The summed E-state index contributed by atoms with van der Waals surface area (Å²) in [4.78, 5) is 14.8. The first-order valence-corrected chi connectivity index (χ1v) is 11.3. The van der Waals surface area contributed by atoms with Crippen LogP contribution in [0.5, 0.6) is 5.75 Å². The fraction of sp³-hybridized carbons (Fsp3) is 0.346. The number of halogens is 1. The molecule has 2 aromatic carbocycles. The average Bonchev–Trinajstić information content (AvgIpc) is 3.21. The normalized spacial score (nSPS) is 10.8. The van der Waals surface area contributed by atoms with Gasteiger partial charge in [-0.3, -0.25) is 4.79 Å². The molecule has 0 saturated carbocycles. The number of hydrogen-bond acceptors (Lipinski definition) is 2. The van der Waals surface area contributed by atoms with Gasteiger partial charge in [0.25, 0.3) is 0 Å². The number of aryl methyl sites for hydroxylation is 1. The van der Waals surface area contributed by atoms with E-state index < -0.39 is 0 Å². The van der Waals surface area contributed by atoms with Crippen LogP contribution >= 0.6 is 11.6 Å². The van der Waals surface area contributed by atoms with Crippen molar-refractivity contribution in [2.45, 2.75) is 39.5 Å². The van der Waals surface area contributed by atoms with Crippen molar-refractivity contribution >= 4 is 17.5 Å². The number of amides is 1. The molecule has 0 bridgehead atoms. The Morgan fingerprint density at radius 2 is 1.58 bits per heavy atom. The minimum Gasteiger partial charge on any atom is -0.497 e. The quantitative estimate of drug-likeness (QED) is 0.367. The molecule has 0 aliphatic rings. The molecule has 1 aromatic heterocycles. The second-order valence-corrected chi connectivity index (χ2v) is 8.07. The number of benzene rings is 2. The van der Waals surface area contributed by atoms with Crippen molar-refractivity contribution < 1.29 is 9.53 Å². The maximum atomic E-state index is 12.8. The predicted molar refractivity (Wildman–Crippen MR) is 128 cm³/mol. The van der Waals surface area contributed by atoms with Gasteiger partial charge in [-0.1, -0.05) is 37.6 Å². The van der Waals surface area contributed by atoms with Gasteiger partial charge in [0.05, 0.1) is 12.8 Å². The molecule has 0 saturated heterocycles. The van der Waals surface area contributed by atoms with Gasteiger partial charge in [0, 0.05) is 35.9 Å². The van der Waals surface area contributed by atoms with Crippen LogP contribution in [-0.4, -0.2) is 35.6 Å². The minimum atomic E-state index is 0.222. The monoisotopic (exact) mass is 438 g/mol. The van der Waals surface area contributed by atoms with Crippen molar-refractivity contribution in [1.82, 2.24) is 9.47 Å². The zero-order valence-electron chi connectivity index (χ0n) is 18.6. The summed E-state index contributed by atoms with van der Waals surface area (Å²) in [6, 6.07) is 20.1. The van der Waals surface area contributed by atoms with Crippen molar-refractivity contribution in [3.05, 3.63) is 71.4 Å². The molecule has 1 heterocycles. The highest BCUT2D eigenvalue weighted by Gasteiger charge is 2.16. The van der Waals surface area contributed by atoms with E-state index in [4.69, 9.17) is 16.3 Å². The predicted octanol–water partition coefficient (Wildman–Crippen LogP) is 6.39. The molecule has 0 atom stereocenters. The zero-order valence-corrected chi connectivity index (χ0v) is 19.4. The van der Waals surface area contributed by atoms with Crippen LogP contribution in [-0.2, 0) is 11.2 Å². The van der Waals surface area contributed by atoms with Crippen molar-refractivity contribution in [3.8, 4) is 22.7 Å². The average molecular weight is 439 g/mol. The Balaban J connectivity index is 1.92. The van der Waals surface area contributed by atoms with Gasteiger partial charge in [0.1, 0.15) is 5.75 Å². The van der Waals surface area contributed by atoms with Crippen molar-refractivity contribution in [2.24, 2.45) is 0 Å². The molecule has 164 valence electrons. The van der Waals surface area contributed by atoms with Crippen LogP contribution in [0.3, 0.4) is 0 Å². The Morgan fingerprint density at radius 3 is 2.16 bits per heavy atom. The maximum Gasteiger partial charge on any atom is 0.222 e. The molecular formula is C26H31ClN2O2. The number of nitrogens with zero attached hydrogens (tertiary/aromatic N) is 2. The SMILES string of the molecule is CCCN(CCC)C(=O)CCc1ccc(-c2ccc(Cl)cc2)n1-c1ccc(OC)cc1. The maximum absolute atomic E-state index is 12.8. The molecule has 0 spiro atoms. The summed E-state index contributed by atoms with van der Waals surface area (Å²) in [5.74, 6) is 1.04. The van der Waals surface area contributed by atoms with Gasteiger partial charge in [-0.2, -0.15) is 0 Å². The van der Waals surface area contributed by atoms with Crippen LogP contribution in [0, 0.1) is 0 Å². The Bertz CT molecular complexity index is 972. The largest absolute Gasteiger partial charge is 0.497 e. The lowest BCUT2D eigenvalue weighted by atomic mass is 10.1. The molecule has 1 amide bonds. The van der Waals surface area contributed by atoms with E-state index in [9.17, 15) is 4.79 Å². The van der Waals surface area contributed by atoms with Crippen molar-refractivity contribution in [3.63, 3.8) is 0 Å². The minimum absolute atomic E-state index is 0.222. The molecule has 31 heavy (non-hydrogen) atoms. The number of aromatic nitrogens is 1. The van der Waals surface area contributed by atoms with Crippen LogP contribution in [0.2, 0.25) is 5.02 Å².